The average molecular weight is 566 g/mol. The smallest absolute Gasteiger partial charge is 0.304 e. The SMILES string of the molecule is O=C(O)CC(COc1cccc(NC(=O)Cc2ccc3nc(Nc4ccccc4)oc3c2)c1)c1ccc2c(c1)OCO2. The Kier molecular flexibility index (Phi) is 7.58. The highest BCUT2D eigenvalue weighted by Crippen LogP contribution is 2.36. The number of hydrogen-bond donors (Lipinski definition) is 3. The van der Waals surface area contributed by atoms with Crippen molar-refractivity contribution in [3.63, 3.8) is 0 Å². The van der Waals surface area contributed by atoms with Crippen LogP contribution < -0.4 is 24.8 Å². The second-order valence-electron chi connectivity index (χ2n) is 9.78. The fraction of sp³-hybridized carbons (Fsp3) is 0.156. The number of carboxylic acid groups (broad SMARTS) is 1. The topological polar surface area (TPSA) is 132 Å². The first kappa shape index (κ1) is 26.7. The molecule has 0 saturated heterocycles. The number of oxazole rings is 1. The molecule has 3 N–H and O–H groups in total. The fourth-order valence-electron chi connectivity index (χ4n) is 4.68. The van der Waals surface area contributed by atoms with E-state index < -0.39 is 11.9 Å². The van der Waals surface area contributed by atoms with Gasteiger partial charge in [0.25, 0.3) is 6.01 Å². The molecule has 1 amide bonds. The van der Waals surface area contributed by atoms with Crippen LogP contribution in [0.25, 0.3) is 11.1 Å². The normalized spacial score (nSPS) is 12.6. The Bertz CT molecular complexity index is 1740. The molecule has 42 heavy (non-hydrogen) atoms. The van der Waals surface area contributed by atoms with Crippen LogP contribution in [-0.4, -0.2) is 35.4 Å². The number of hydrogen-bond acceptors (Lipinski definition) is 8. The zero-order valence-corrected chi connectivity index (χ0v) is 22.4. The molecule has 212 valence electrons. The summed E-state index contributed by atoms with van der Waals surface area (Å²) in [5.41, 5.74) is 4.23. The number of para-hydroxylation sites is 1. The highest BCUT2D eigenvalue weighted by molar-refractivity contribution is 5.93. The van der Waals surface area contributed by atoms with Gasteiger partial charge in [-0.2, -0.15) is 4.98 Å². The number of nitrogens with one attached hydrogen (secondary N) is 2. The molecular weight excluding hydrogens is 538 g/mol. The van der Waals surface area contributed by atoms with Gasteiger partial charge in [-0.25, -0.2) is 0 Å². The van der Waals surface area contributed by atoms with Crippen LogP contribution in [0.2, 0.25) is 0 Å². The zero-order valence-electron chi connectivity index (χ0n) is 22.4. The molecule has 4 aromatic carbocycles. The maximum atomic E-state index is 12.8. The molecule has 5 aromatic rings. The van der Waals surface area contributed by atoms with E-state index in [0.717, 1.165) is 16.8 Å². The van der Waals surface area contributed by atoms with Gasteiger partial charge in [-0.1, -0.05) is 36.4 Å². The van der Waals surface area contributed by atoms with Crippen LogP contribution in [0.4, 0.5) is 17.4 Å². The summed E-state index contributed by atoms with van der Waals surface area (Å²) in [4.78, 5) is 28.8. The van der Waals surface area contributed by atoms with E-state index in [4.69, 9.17) is 18.6 Å². The van der Waals surface area contributed by atoms with Gasteiger partial charge < -0.3 is 34.4 Å². The van der Waals surface area contributed by atoms with E-state index in [0.29, 0.717) is 40.1 Å². The molecule has 1 aromatic heterocycles. The van der Waals surface area contributed by atoms with Gasteiger partial charge >= 0.3 is 5.97 Å². The Morgan fingerprint density at radius 2 is 1.74 bits per heavy atom. The number of fused-ring (bicyclic) bond motifs is 2. The number of amides is 1. The van der Waals surface area contributed by atoms with Gasteiger partial charge in [-0.05, 0) is 59.7 Å². The summed E-state index contributed by atoms with van der Waals surface area (Å²) in [6, 6.07) is 27.8. The summed E-state index contributed by atoms with van der Waals surface area (Å²) in [5.74, 6) is 0.157. The highest BCUT2D eigenvalue weighted by Gasteiger charge is 2.21. The van der Waals surface area contributed by atoms with Crippen LogP contribution in [0.3, 0.4) is 0 Å². The number of carbonyl (C=O) groups is 2. The number of anilines is 3. The predicted octanol–water partition coefficient (Wildman–Crippen LogP) is 6.12. The van der Waals surface area contributed by atoms with E-state index >= 15 is 0 Å². The first-order chi connectivity index (χ1) is 20.5. The Morgan fingerprint density at radius 1 is 0.905 bits per heavy atom. The van der Waals surface area contributed by atoms with Gasteiger partial charge in [0.1, 0.15) is 11.3 Å². The molecule has 1 aliphatic heterocycles. The van der Waals surface area contributed by atoms with E-state index in [9.17, 15) is 14.7 Å². The minimum atomic E-state index is -0.936. The first-order valence-corrected chi connectivity index (χ1v) is 13.3. The van der Waals surface area contributed by atoms with E-state index in [1.165, 1.54) is 0 Å². The fourth-order valence-corrected chi connectivity index (χ4v) is 4.68. The molecule has 1 atom stereocenters. The van der Waals surface area contributed by atoms with Crippen molar-refractivity contribution in [3.8, 4) is 17.2 Å². The predicted molar refractivity (Wildman–Crippen MR) is 156 cm³/mol. The van der Waals surface area contributed by atoms with Crippen LogP contribution >= 0.6 is 0 Å². The minimum absolute atomic E-state index is 0.116. The van der Waals surface area contributed by atoms with Gasteiger partial charge in [-0.15, -0.1) is 0 Å². The van der Waals surface area contributed by atoms with Gasteiger partial charge in [0.05, 0.1) is 19.4 Å². The third-order valence-corrected chi connectivity index (χ3v) is 6.70. The number of carboxylic acids is 1. The molecule has 1 aliphatic rings. The molecule has 0 saturated carbocycles. The average Bonchev–Trinajstić information content (AvgIpc) is 3.61. The van der Waals surface area contributed by atoms with E-state index in [1.54, 1.807) is 42.5 Å². The van der Waals surface area contributed by atoms with Gasteiger partial charge in [0.2, 0.25) is 12.7 Å². The van der Waals surface area contributed by atoms with Crippen LogP contribution in [0.1, 0.15) is 23.5 Å². The number of rotatable bonds is 11. The molecule has 10 nitrogen and oxygen atoms in total. The summed E-state index contributed by atoms with van der Waals surface area (Å²) in [6.07, 6.45) is 0.0172. The van der Waals surface area contributed by atoms with E-state index in [1.807, 2.05) is 48.5 Å². The third kappa shape index (κ3) is 6.44. The van der Waals surface area contributed by atoms with Crippen molar-refractivity contribution in [3.05, 3.63) is 102 Å². The van der Waals surface area contributed by atoms with Gasteiger partial charge in [0.15, 0.2) is 17.1 Å². The van der Waals surface area contributed by atoms with Crippen molar-refractivity contribution in [2.45, 2.75) is 18.8 Å². The molecule has 2 heterocycles. The standard InChI is InChI=1S/C32H27N3O7/c36-30(14-20-9-11-26-28(13-20)42-32(35-26)34-23-5-2-1-3-6-23)33-24-7-4-8-25(17-24)39-18-22(16-31(37)38)21-10-12-27-29(15-21)41-19-40-27/h1-13,15,17,22H,14,16,18-19H2,(H,33,36)(H,34,35)(H,37,38). The Labute approximate surface area is 240 Å². The van der Waals surface area contributed by atoms with Crippen molar-refractivity contribution < 1.29 is 33.3 Å². The quantitative estimate of drug-likeness (QED) is 0.173. The van der Waals surface area contributed by atoms with Crippen molar-refractivity contribution in [1.82, 2.24) is 4.98 Å². The molecule has 0 radical (unpaired) electrons. The number of aromatic nitrogens is 1. The number of aliphatic carboxylic acids is 1. The number of ether oxygens (including phenoxy) is 3. The molecular formula is C32H27N3O7. The largest absolute Gasteiger partial charge is 0.493 e. The van der Waals surface area contributed by atoms with Gasteiger partial charge in [-0.3, -0.25) is 9.59 Å². The molecule has 0 bridgehead atoms. The summed E-state index contributed by atoms with van der Waals surface area (Å²) < 4.78 is 22.6. The summed E-state index contributed by atoms with van der Waals surface area (Å²) >= 11 is 0. The van der Waals surface area contributed by atoms with Crippen molar-refractivity contribution >= 4 is 40.4 Å². The number of benzene rings is 4. The number of carbonyl (C=O) groups excluding carboxylic acids is 1. The first-order valence-electron chi connectivity index (χ1n) is 13.3. The molecule has 10 heteroatoms. The van der Waals surface area contributed by atoms with Crippen molar-refractivity contribution in [2.75, 3.05) is 24.0 Å². The molecule has 6 rings (SSSR count). The summed E-state index contributed by atoms with van der Waals surface area (Å²) in [5, 5.41) is 15.5. The molecule has 1 unspecified atom stereocenters. The van der Waals surface area contributed by atoms with Crippen LogP contribution in [-0.2, 0) is 16.0 Å². The van der Waals surface area contributed by atoms with Crippen LogP contribution in [0.15, 0.2) is 95.4 Å². The van der Waals surface area contributed by atoms with Crippen molar-refractivity contribution in [2.24, 2.45) is 0 Å². The van der Waals surface area contributed by atoms with Crippen LogP contribution in [0, 0.1) is 0 Å². The summed E-state index contributed by atoms with van der Waals surface area (Å²) in [7, 11) is 0. The van der Waals surface area contributed by atoms with E-state index in [2.05, 4.69) is 15.6 Å². The zero-order chi connectivity index (χ0) is 28.9. The maximum absolute atomic E-state index is 12.8. The van der Waals surface area contributed by atoms with Crippen LogP contribution in [0.5, 0.6) is 17.2 Å². The van der Waals surface area contributed by atoms with Gasteiger partial charge in [0, 0.05) is 23.4 Å². The molecule has 0 aliphatic carbocycles. The highest BCUT2D eigenvalue weighted by atomic mass is 16.7. The summed E-state index contributed by atoms with van der Waals surface area (Å²) in [6.45, 7) is 0.265. The number of nitrogens with zero attached hydrogens (tertiary/aromatic N) is 1. The maximum Gasteiger partial charge on any atom is 0.304 e. The second-order valence-corrected chi connectivity index (χ2v) is 9.78. The molecule has 0 fully saturated rings. The van der Waals surface area contributed by atoms with Crippen molar-refractivity contribution in [1.29, 1.82) is 0 Å². The third-order valence-electron chi connectivity index (χ3n) is 6.70. The Hall–Kier alpha value is -5.51. The van der Waals surface area contributed by atoms with E-state index in [-0.39, 0.29) is 32.1 Å². The Morgan fingerprint density at radius 3 is 2.60 bits per heavy atom. The lowest BCUT2D eigenvalue weighted by Gasteiger charge is -2.17. The second kappa shape index (κ2) is 11.9. The monoisotopic (exact) mass is 565 g/mol. The lowest BCUT2D eigenvalue weighted by atomic mass is 9.96. The lowest BCUT2D eigenvalue weighted by molar-refractivity contribution is -0.137. The lowest BCUT2D eigenvalue weighted by Crippen LogP contribution is -2.16. The minimum Gasteiger partial charge on any atom is -0.493 e. The Balaban J connectivity index is 1.07. The molecule has 0 spiro atoms.